The molecular formula is C23H32O5S. The topological polar surface area (TPSA) is 83.8 Å². The summed E-state index contributed by atoms with van der Waals surface area (Å²) in [5, 5.41) is 9.79. The Bertz CT molecular complexity index is 861. The van der Waals surface area contributed by atoms with E-state index in [1.54, 1.807) is 0 Å². The highest BCUT2D eigenvalue weighted by Crippen LogP contribution is 2.30. The second kappa shape index (κ2) is 11.8. The lowest BCUT2D eigenvalue weighted by molar-refractivity contribution is 0.433. The molecule has 0 bridgehead atoms. The van der Waals surface area contributed by atoms with Crippen LogP contribution in [0.25, 0.3) is 0 Å². The summed E-state index contributed by atoms with van der Waals surface area (Å²) in [6.45, 7) is 2.24. The van der Waals surface area contributed by atoms with Gasteiger partial charge in [-0.15, -0.1) is 0 Å². The average Bonchev–Trinajstić information content (AvgIpc) is 2.66. The summed E-state index contributed by atoms with van der Waals surface area (Å²) in [4.78, 5) is -0.538. The third-order valence-corrected chi connectivity index (χ3v) is 5.81. The first-order valence-electron chi connectivity index (χ1n) is 10.5. The number of unbranched alkanes of at least 4 members (excludes halogenated alkanes) is 8. The lowest BCUT2D eigenvalue weighted by atomic mass is 10.0. The van der Waals surface area contributed by atoms with Crippen LogP contribution in [0.15, 0.2) is 47.4 Å². The summed E-state index contributed by atoms with van der Waals surface area (Å²) in [6.07, 6.45) is 12.6. The number of aryl methyl sites for hydroxylation is 1. The van der Waals surface area contributed by atoms with E-state index in [9.17, 15) is 13.5 Å². The minimum absolute atomic E-state index is 0.301. The van der Waals surface area contributed by atoms with E-state index >= 15 is 0 Å². The van der Waals surface area contributed by atoms with E-state index in [0.717, 1.165) is 18.9 Å². The Morgan fingerprint density at radius 2 is 1.45 bits per heavy atom. The van der Waals surface area contributed by atoms with Crippen LogP contribution < -0.4 is 4.74 Å². The zero-order valence-electron chi connectivity index (χ0n) is 17.1. The summed E-state index contributed by atoms with van der Waals surface area (Å²) in [6, 6.07) is 11.5. The highest BCUT2D eigenvalue weighted by atomic mass is 32.2. The molecule has 0 aliphatic rings. The molecule has 160 valence electrons. The number of rotatable bonds is 13. The van der Waals surface area contributed by atoms with Crippen LogP contribution in [0.3, 0.4) is 0 Å². The maximum Gasteiger partial charge on any atom is 0.298 e. The molecule has 0 amide bonds. The molecule has 0 radical (unpaired) electrons. The molecule has 2 N–H and O–H groups in total. The number of phenols is 1. The van der Waals surface area contributed by atoms with Crippen molar-refractivity contribution in [2.75, 3.05) is 0 Å². The number of benzene rings is 2. The molecule has 0 aromatic heterocycles. The normalized spacial score (nSPS) is 11.5. The summed E-state index contributed by atoms with van der Waals surface area (Å²) in [7, 11) is -4.46. The fraction of sp³-hybridized carbons (Fsp3) is 0.478. The zero-order valence-corrected chi connectivity index (χ0v) is 18.0. The predicted molar refractivity (Wildman–Crippen MR) is 115 cm³/mol. The van der Waals surface area contributed by atoms with Crippen molar-refractivity contribution in [2.24, 2.45) is 0 Å². The van der Waals surface area contributed by atoms with Crippen LogP contribution in [0.5, 0.6) is 17.2 Å². The molecule has 29 heavy (non-hydrogen) atoms. The quantitative estimate of drug-likeness (QED) is 0.285. The number of ether oxygens (including phenoxy) is 1. The van der Waals surface area contributed by atoms with Gasteiger partial charge in [-0.2, -0.15) is 8.42 Å². The number of hydrogen-bond donors (Lipinski definition) is 2. The van der Waals surface area contributed by atoms with Crippen molar-refractivity contribution < 1.29 is 22.8 Å². The number of phenolic OH excluding ortho intramolecular Hbond substituents is 1. The fourth-order valence-electron chi connectivity index (χ4n) is 3.32. The van der Waals surface area contributed by atoms with Crippen molar-refractivity contribution in [2.45, 2.75) is 76.0 Å². The molecule has 0 atom stereocenters. The minimum Gasteiger partial charge on any atom is -0.506 e. The van der Waals surface area contributed by atoms with Gasteiger partial charge in [0.2, 0.25) is 0 Å². The van der Waals surface area contributed by atoms with Crippen LogP contribution in [-0.2, 0) is 16.5 Å². The largest absolute Gasteiger partial charge is 0.506 e. The monoisotopic (exact) mass is 420 g/mol. The standard InChI is InChI=1S/C23H32O5S/c1-2-3-4-5-6-7-8-9-10-12-19-13-11-14-20(17-19)28-21-15-16-23(22(24)18-21)29(25,26)27/h11,13-18,24H,2-10,12H2,1H3,(H,25,26,27). The maximum absolute atomic E-state index is 11.1. The van der Waals surface area contributed by atoms with E-state index in [1.165, 1.54) is 69.1 Å². The molecule has 2 aromatic rings. The van der Waals surface area contributed by atoms with Crippen LogP contribution in [0.1, 0.15) is 70.3 Å². The molecule has 0 aliphatic heterocycles. The van der Waals surface area contributed by atoms with Gasteiger partial charge in [-0.05, 0) is 42.7 Å². The van der Waals surface area contributed by atoms with E-state index in [-0.39, 0.29) is 0 Å². The highest BCUT2D eigenvalue weighted by molar-refractivity contribution is 7.86. The Morgan fingerprint density at radius 1 is 0.828 bits per heavy atom. The average molecular weight is 421 g/mol. The molecule has 6 heteroatoms. The first-order valence-corrected chi connectivity index (χ1v) is 11.9. The third-order valence-electron chi connectivity index (χ3n) is 4.91. The van der Waals surface area contributed by atoms with E-state index < -0.39 is 20.8 Å². The van der Waals surface area contributed by atoms with Gasteiger partial charge < -0.3 is 9.84 Å². The van der Waals surface area contributed by atoms with E-state index in [0.29, 0.717) is 11.5 Å². The molecular weight excluding hydrogens is 388 g/mol. The maximum atomic E-state index is 11.1. The molecule has 2 rings (SSSR count). The fourth-order valence-corrected chi connectivity index (χ4v) is 3.88. The second-order valence-corrected chi connectivity index (χ2v) is 8.82. The molecule has 0 heterocycles. The van der Waals surface area contributed by atoms with Crippen molar-refractivity contribution >= 4 is 10.1 Å². The molecule has 0 fully saturated rings. The molecule has 2 aromatic carbocycles. The van der Waals surface area contributed by atoms with Gasteiger partial charge >= 0.3 is 0 Å². The summed E-state index contributed by atoms with van der Waals surface area (Å²) < 4.78 is 37.1. The van der Waals surface area contributed by atoms with Crippen molar-refractivity contribution in [1.82, 2.24) is 0 Å². The SMILES string of the molecule is CCCCCCCCCCCc1cccc(Oc2ccc(S(=O)(=O)O)c(O)c2)c1. The Hall–Kier alpha value is -2.05. The highest BCUT2D eigenvalue weighted by Gasteiger charge is 2.16. The van der Waals surface area contributed by atoms with Gasteiger partial charge in [0, 0.05) is 6.07 Å². The molecule has 0 unspecified atom stereocenters. The third kappa shape index (κ3) is 8.46. The molecule has 5 nitrogen and oxygen atoms in total. The van der Waals surface area contributed by atoms with Crippen LogP contribution >= 0.6 is 0 Å². The van der Waals surface area contributed by atoms with Gasteiger partial charge in [0.1, 0.15) is 22.1 Å². The predicted octanol–water partition coefficient (Wildman–Crippen LogP) is 6.50. The van der Waals surface area contributed by atoms with Crippen LogP contribution in [-0.4, -0.2) is 18.1 Å². The molecule has 0 saturated carbocycles. The van der Waals surface area contributed by atoms with Gasteiger partial charge in [-0.1, -0.05) is 70.4 Å². The first kappa shape index (κ1) is 23.2. The molecule has 0 saturated heterocycles. The lowest BCUT2D eigenvalue weighted by Crippen LogP contribution is -1.98. The first-order chi connectivity index (χ1) is 13.9. The van der Waals surface area contributed by atoms with Crippen molar-refractivity contribution in [3.8, 4) is 17.2 Å². The summed E-state index contributed by atoms with van der Waals surface area (Å²) in [5.74, 6) is 0.378. The van der Waals surface area contributed by atoms with E-state index in [1.807, 2.05) is 18.2 Å². The summed E-state index contributed by atoms with van der Waals surface area (Å²) in [5.41, 5.74) is 1.18. The van der Waals surface area contributed by atoms with Crippen LogP contribution in [0, 0.1) is 0 Å². The molecule has 0 spiro atoms. The van der Waals surface area contributed by atoms with Crippen LogP contribution in [0.4, 0.5) is 0 Å². The number of aromatic hydroxyl groups is 1. The van der Waals surface area contributed by atoms with Gasteiger partial charge in [-0.3, -0.25) is 4.55 Å². The Balaban J connectivity index is 1.79. The molecule has 0 aliphatic carbocycles. The smallest absolute Gasteiger partial charge is 0.298 e. The number of hydrogen-bond acceptors (Lipinski definition) is 4. The Labute approximate surface area is 174 Å². The Morgan fingerprint density at radius 3 is 2.07 bits per heavy atom. The second-order valence-electron chi connectivity index (χ2n) is 7.43. The van der Waals surface area contributed by atoms with E-state index in [2.05, 4.69) is 13.0 Å². The van der Waals surface area contributed by atoms with Gasteiger partial charge in [0.25, 0.3) is 10.1 Å². The van der Waals surface area contributed by atoms with Crippen LogP contribution in [0.2, 0.25) is 0 Å². The van der Waals surface area contributed by atoms with Gasteiger partial charge in [0.15, 0.2) is 0 Å². The minimum atomic E-state index is -4.46. The van der Waals surface area contributed by atoms with Gasteiger partial charge in [-0.25, -0.2) is 0 Å². The van der Waals surface area contributed by atoms with Crippen molar-refractivity contribution in [3.05, 3.63) is 48.0 Å². The zero-order chi connectivity index (χ0) is 21.1. The lowest BCUT2D eigenvalue weighted by Gasteiger charge is -2.09. The van der Waals surface area contributed by atoms with E-state index in [4.69, 9.17) is 9.29 Å². The van der Waals surface area contributed by atoms with Crippen molar-refractivity contribution in [3.63, 3.8) is 0 Å². The van der Waals surface area contributed by atoms with Gasteiger partial charge in [0.05, 0.1) is 0 Å². The van der Waals surface area contributed by atoms with Crippen molar-refractivity contribution in [1.29, 1.82) is 0 Å². The Kier molecular flexibility index (Phi) is 9.48. The summed E-state index contributed by atoms with van der Waals surface area (Å²) >= 11 is 0.